The van der Waals surface area contributed by atoms with Gasteiger partial charge >= 0.3 is 0 Å². The lowest BCUT2D eigenvalue weighted by atomic mass is 9.65. The van der Waals surface area contributed by atoms with E-state index in [0.29, 0.717) is 16.3 Å². The molecule has 0 spiro atoms. The molecule has 2 aliphatic rings. The molecule has 0 saturated heterocycles. The van der Waals surface area contributed by atoms with E-state index in [1.54, 1.807) is 0 Å². The molecule has 3 unspecified atom stereocenters. The van der Waals surface area contributed by atoms with Gasteiger partial charge < -0.3 is 4.74 Å². The Hall–Kier alpha value is 0.440. The summed E-state index contributed by atoms with van der Waals surface area (Å²) in [5.74, 6) is 0.862. The molecule has 0 bridgehead atoms. The van der Waals surface area contributed by atoms with E-state index >= 15 is 0 Å². The topological polar surface area (TPSA) is 9.23 Å². The van der Waals surface area contributed by atoms with Gasteiger partial charge in [-0.25, -0.2) is 0 Å². The Morgan fingerprint density at radius 1 is 1.33 bits per heavy atom. The number of halogens is 1. The number of rotatable bonds is 4. The highest BCUT2D eigenvalue weighted by molar-refractivity contribution is 9.09. The van der Waals surface area contributed by atoms with Crippen molar-refractivity contribution in [1.29, 1.82) is 0 Å². The Balaban J connectivity index is 1.75. The molecule has 2 aliphatic carbocycles. The summed E-state index contributed by atoms with van der Waals surface area (Å²) >= 11 is 3.76. The second kappa shape index (κ2) is 4.75. The zero-order valence-electron chi connectivity index (χ0n) is 9.97. The maximum Gasteiger partial charge on any atom is 0.0650 e. The van der Waals surface area contributed by atoms with Gasteiger partial charge in [0.1, 0.15) is 0 Å². The molecule has 2 rings (SSSR count). The summed E-state index contributed by atoms with van der Waals surface area (Å²) in [4.78, 5) is 0.670. The fraction of sp³-hybridized carbons (Fsp3) is 1.00. The molecule has 0 aromatic carbocycles. The molecule has 0 aliphatic heterocycles. The first-order valence-electron chi connectivity index (χ1n) is 6.42. The molecule has 2 saturated carbocycles. The summed E-state index contributed by atoms with van der Waals surface area (Å²) in [6.07, 6.45) is 8.57. The zero-order valence-corrected chi connectivity index (χ0v) is 11.6. The van der Waals surface area contributed by atoms with E-state index in [1.807, 2.05) is 0 Å². The maximum atomic E-state index is 6.11. The molecule has 88 valence electrons. The van der Waals surface area contributed by atoms with E-state index in [2.05, 4.69) is 29.8 Å². The van der Waals surface area contributed by atoms with Crippen LogP contribution in [0.25, 0.3) is 0 Å². The van der Waals surface area contributed by atoms with E-state index < -0.39 is 0 Å². The van der Waals surface area contributed by atoms with Gasteiger partial charge in [-0.05, 0) is 31.6 Å². The average molecular weight is 275 g/mol. The number of ether oxygens (including phenoxy) is 1. The van der Waals surface area contributed by atoms with Crippen molar-refractivity contribution in [3.8, 4) is 0 Å². The van der Waals surface area contributed by atoms with Crippen LogP contribution >= 0.6 is 15.9 Å². The predicted octanol–water partition coefficient (Wildman–Crippen LogP) is 4.15. The highest BCUT2D eigenvalue weighted by Crippen LogP contribution is 2.50. The van der Waals surface area contributed by atoms with Gasteiger partial charge in [-0.15, -0.1) is 0 Å². The monoisotopic (exact) mass is 274 g/mol. The van der Waals surface area contributed by atoms with Gasteiger partial charge in [0.05, 0.1) is 6.10 Å². The van der Waals surface area contributed by atoms with Crippen LogP contribution in [0.1, 0.15) is 52.4 Å². The van der Waals surface area contributed by atoms with E-state index in [-0.39, 0.29) is 0 Å². The molecule has 2 heteroatoms. The molecule has 2 fully saturated rings. The van der Waals surface area contributed by atoms with E-state index in [4.69, 9.17) is 4.74 Å². The van der Waals surface area contributed by atoms with Crippen LogP contribution in [0.15, 0.2) is 0 Å². The van der Waals surface area contributed by atoms with E-state index in [9.17, 15) is 0 Å². The third kappa shape index (κ3) is 2.26. The normalized spacial score (nSPS) is 41.8. The van der Waals surface area contributed by atoms with Gasteiger partial charge in [-0.1, -0.05) is 42.6 Å². The molecule has 0 radical (unpaired) electrons. The largest absolute Gasteiger partial charge is 0.377 e. The van der Waals surface area contributed by atoms with Crippen molar-refractivity contribution in [2.45, 2.75) is 63.3 Å². The lowest BCUT2D eigenvalue weighted by Crippen LogP contribution is -2.53. The molecule has 3 atom stereocenters. The third-order valence-corrected chi connectivity index (χ3v) is 6.06. The Bertz CT molecular complexity index is 213. The van der Waals surface area contributed by atoms with Crippen LogP contribution in [0, 0.1) is 11.3 Å². The number of hydrogen-bond acceptors (Lipinski definition) is 1. The minimum absolute atomic E-state index is 0.388. The first-order valence-corrected chi connectivity index (χ1v) is 7.34. The van der Waals surface area contributed by atoms with Crippen molar-refractivity contribution in [3.05, 3.63) is 0 Å². The first-order chi connectivity index (χ1) is 7.16. The molecule has 0 aromatic rings. The smallest absolute Gasteiger partial charge is 0.0650 e. The van der Waals surface area contributed by atoms with E-state index in [1.165, 1.54) is 38.5 Å². The quantitative estimate of drug-likeness (QED) is 0.700. The van der Waals surface area contributed by atoms with Crippen LogP contribution in [0.3, 0.4) is 0 Å². The second-order valence-electron chi connectivity index (χ2n) is 5.54. The van der Waals surface area contributed by atoms with Crippen molar-refractivity contribution >= 4 is 15.9 Å². The van der Waals surface area contributed by atoms with Crippen molar-refractivity contribution < 1.29 is 4.74 Å². The highest BCUT2D eigenvalue weighted by Gasteiger charge is 2.49. The van der Waals surface area contributed by atoms with Crippen LogP contribution in [0.2, 0.25) is 0 Å². The van der Waals surface area contributed by atoms with E-state index in [0.717, 1.165) is 12.5 Å². The molecule has 0 amide bonds. The van der Waals surface area contributed by atoms with Crippen LogP contribution in [0.5, 0.6) is 0 Å². The van der Waals surface area contributed by atoms with Crippen molar-refractivity contribution in [3.63, 3.8) is 0 Å². The molecular weight excluding hydrogens is 252 g/mol. The Kier molecular flexibility index (Phi) is 3.77. The lowest BCUT2D eigenvalue weighted by Gasteiger charge is -2.51. The van der Waals surface area contributed by atoms with Gasteiger partial charge in [0.2, 0.25) is 0 Å². The second-order valence-corrected chi connectivity index (χ2v) is 6.64. The van der Waals surface area contributed by atoms with Crippen LogP contribution < -0.4 is 0 Å². The summed E-state index contributed by atoms with van der Waals surface area (Å²) in [5.41, 5.74) is 0.388. The SMILES string of the molecule is CCC1(C)C(Br)CC1OCC1CCCC1. The van der Waals surface area contributed by atoms with Gasteiger partial charge in [0.15, 0.2) is 0 Å². The maximum absolute atomic E-state index is 6.11. The third-order valence-electron chi connectivity index (χ3n) is 4.64. The number of hydrogen-bond donors (Lipinski definition) is 0. The fourth-order valence-electron chi connectivity index (χ4n) is 2.90. The molecule has 0 aromatic heterocycles. The minimum atomic E-state index is 0.388. The Morgan fingerprint density at radius 2 is 2.00 bits per heavy atom. The predicted molar refractivity (Wildman–Crippen MR) is 67.4 cm³/mol. The molecule has 1 nitrogen and oxygen atoms in total. The minimum Gasteiger partial charge on any atom is -0.377 e. The molecule has 0 heterocycles. The highest BCUT2D eigenvalue weighted by atomic mass is 79.9. The average Bonchev–Trinajstić information content (AvgIpc) is 2.75. The van der Waals surface area contributed by atoms with Crippen molar-refractivity contribution in [2.75, 3.05) is 6.61 Å². The molecule has 15 heavy (non-hydrogen) atoms. The summed E-state index contributed by atoms with van der Waals surface area (Å²) in [6.45, 7) is 5.65. The summed E-state index contributed by atoms with van der Waals surface area (Å²) in [6, 6.07) is 0. The zero-order chi connectivity index (χ0) is 10.9. The Labute approximate surface area is 102 Å². The number of alkyl halides is 1. The summed E-state index contributed by atoms with van der Waals surface area (Å²) in [5, 5.41) is 0. The van der Waals surface area contributed by atoms with Gasteiger partial charge in [0.25, 0.3) is 0 Å². The van der Waals surface area contributed by atoms with Crippen LogP contribution in [0.4, 0.5) is 0 Å². The standard InChI is InChI=1S/C13H23BrO/c1-3-13(2)11(14)8-12(13)15-9-10-6-4-5-7-10/h10-12H,3-9H2,1-2H3. The summed E-state index contributed by atoms with van der Waals surface area (Å²) < 4.78 is 6.11. The molecule has 0 N–H and O–H groups in total. The van der Waals surface area contributed by atoms with Crippen LogP contribution in [-0.4, -0.2) is 17.5 Å². The summed E-state index contributed by atoms with van der Waals surface area (Å²) in [7, 11) is 0. The Morgan fingerprint density at radius 3 is 2.53 bits per heavy atom. The van der Waals surface area contributed by atoms with Gasteiger partial charge in [-0.2, -0.15) is 0 Å². The molecular formula is C13H23BrO. The van der Waals surface area contributed by atoms with Gasteiger partial charge in [0, 0.05) is 16.8 Å². The van der Waals surface area contributed by atoms with Crippen molar-refractivity contribution in [1.82, 2.24) is 0 Å². The first kappa shape index (κ1) is 11.9. The fourth-order valence-corrected chi connectivity index (χ4v) is 3.86. The van der Waals surface area contributed by atoms with Gasteiger partial charge in [-0.3, -0.25) is 0 Å². The van der Waals surface area contributed by atoms with Crippen molar-refractivity contribution in [2.24, 2.45) is 11.3 Å². The van der Waals surface area contributed by atoms with Crippen LogP contribution in [-0.2, 0) is 4.74 Å². The lowest BCUT2D eigenvalue weighted by molar-refractivity contribution is -0.105.